The molecule has 0 unspecified atom stereocenters. The molecule has 0 aliphatic carbocycles. The lowest BCUT2D eigenvalue weighted by molar-refractivity contribution is -0.0499. The number of halogens is 4. The molecule has 7 rings (SSSR count). The Morgan fingerprint density at radius 2 is 1.02 bits per heavy atom. The minimum atomic E-state index is -5.67. The summed E-state index contributed by atoms with van der Waals surface area (Å²) in [5.74, 6) is 1.03. The Morgan fingerprint density at radius 1 is 0.566 bits per heavy atom. The van der Waals surface area contributed by atoms with Gasteiger partial charge in [-0.25, -0.2) is 0 Å². The zero-order chi connectivity index (χ0) is 38.4. The highest BCUT2D eigenvalue weighted by Gasteiger charge is 2.49. The summed E-state index contributed by atoms with van der Waals surface area (Å²) in [5.41, 5.74) is -2.86. The summed E-state index contributed by atoms with van der Waals surface area (Å²) in [4.78, 5) is 0. The lowest BCUT2D eigenvalue weighted by Crippen LogP contribution is -2.40. The van der Waals surface area contributed by atoms with Crippen LogP contribution in [0.1, 0.15) is 0 Å². The number of hydrogen-bond donors (Lipinski definition) is 0. The predicted octanol–water partition coefficient (Wildman–Crippen LogP) is 11.6. The summed E-state index contributed by atoms with van der Waals surface area (Å²) >= 11 is 2.36. The van der Waals surface area contributed by atoms with E-state index in [1.807, 2.05) is 31.8 Å². The van der Waals surface area contributed by atoms with Crippen molar-refractivity contribution in [3.05, 3.63) is 143 Å². The van der Waals surface area contributed by atoms with Crippen molar-refractivity contribution in [3.8, 4) is 28.4 Å². The highest BCUT2D eigenvalue weighted by Crippen LogP contribution is 2.36. The minimum absolute atomic E-state index is 0.303. The first-order chi connectivity index (χ1) is 25.1. The van der Waals surface area contributed by atoms with Gasteiger partial charge in [-0.3, -0.25) is 0 Å². The Hall–Kier alpha value is -4.59. The SMILES string of the molecule is COc1ccc(OS(=O)(=O)C(F)(F)F)c([Si](C)(C)C)c1.COc1ccc2c3ccccc3c3ccccc3c2c1.Ic1ccccc1-c1ccccc1. The third-order valence-corrected chi connectivity index (χ3v) is 12.3. The topological polar surface area (TPSA) is 61.8 Å². The third-order valence-electron chi connectivity index (χ3n) is 8.39. The molecule has 0 aliphatic heterocycles. The molecule has 0 aromatic heterocycles. The number of benzene rings is 7. The van der Waals surface area contributed by atoms with Gasteiger partial charge in [-0.15, -0.1) is 0 Å². The number of rotatable bonds is 6. The molecule has 0 heterocycles. The molecule has 0 fully saturated rings. The first-order valence-electron chi connectivity index (χ1n) is 16.5. The highest BCUT2D eigenvalue weighted by molar-refractivity contribution is 14.1. The lowest BCUT2D eigenvalue weighted by Gasteiger charge is -2.21. The average molecular weight is 867 g/mol. The van der Waals surface area contributed by atoms with Crippen molar-refractivity contribution in [2.75, 3.05) is 14.2 Å². The van der Waals surface area contributed by atoms with Gasteiger partial charge in [-0.2, -0.15) is 21.6 Å². The van der Waals surface area contributed by atoms with E-state index in [0.717, 1.165) is 5.75 Å². The van der Waals surface area contributed by atoms with Crippen LogP contribution in [0.3, 0.4) is 0 Å². The predicted molar refractivity (Wildman–Crippen MR) is 222 cm³/mol. The van der Waals surface area contributed by atoms with Gasteiger partial charge in [0.15, 0.2) is 0 Å². The van der Waals surface area contributed by atoms with Gasteiger partial charge in [0.25, 0.3) is 0 Å². The van der Waals surface area contributed by atoms with Crippen LogP contribution >= 0.6 is 22.6 Å². The van der Waals surface area contributed by atoms with Crippen molar-refractivity contribution in [2.45, 2.75) is 25.1 Å². The van der Waals surface area contributed by atoms with Crippen molar-refractivity contribution in [2.24, 2.45) is 0 Å². The van der Waals surface area contributed by atoms with Gasteiger partial charge in [-0.1, -0.05) is 123 Å². The van der Waals surface area contributed by atoms with E-state index in [1.54, 1.807) is 7.11 Å². The van der Waals surface area contributed by atoms with E-state index in [-0.39, 0.29) is 5.75 Å². The highest BCUT2D eigenvalue weighted by atomic mass is 127. The summed E-state index contributed by atoms with van der Waals surface area (Å²) < 4.78 is 75.2. The van der Waals surface area contributed by atoms with Gasteiger partial charge in [0.2, 0.25) is 0 Å². The van der Waals surface area contributed by atoms with Crippen molar-refractivity contribution in [1.29, 1.82) is 0 Å². The van der Waals surface area contributed by atoms with E-state index >= 15 is 0 Å². The van der Waals surface area contributed by atoms with Crippen LogP contribution in [-0.4, -0.2) is 36.2 Å². The Labute approximate surface area is 322 Å². The molecule has 0 spiro atoms. The number of fused-ring (bicyclic) bond motifs is 6. The molecule has 7 aromatic carbocycles. The monoisotopic (exact) mass is 866 g/mol. The van der Waals surface area contributed by atoms with Crippen LogP contribution in [0, 0.1) is 3.57 Å². The van der Waals surface area contributed by atoms with E-state index in [1.165, 1.54) is 72.3 Å². The van der Waals surface area contributed by atoms with Crippen LogP contribution in [0.15, 0.2) is 140 Å². The molecule has 7 aromatic rings. The second kappa shape index (κ2) is 16.6. The normalized spacial score (nSPS) is 11.6. The molecule has 0 amide bonds. The molecule has 0 N–H and O–H groups in total. The fourth-order valence-corrected chi connectivity index (χ4v) is 8.48. The third kappa shape index (κ3) is 9.32. The van der Waals surface area contributed by atoms with E-state index < -0.39 is 23.7 Å². The molecule has 0 saturated heterocycles. The maximum atomic E-state index is 12.4. The molecule has 0 radical (unpaired) electrons. The molecule has 0 bridgehead atoms. The van der Waals surface area contributed by atoms with Crippen LogP contribution in [-0.2, 0) is 10.1 Å². The maximum Gasteiger partial charge on any atom is 0.534 e. The molecular formula is C42H38F3IO5SSi. The largest absolute Gasteiger partial charge is 0.534 e. The summed E-state index contributed by atoms with van der Waals surface area (Å²) in [6, 6.07) is 46.4. The van der Waals surface area contributed by atoms with Crippen LogP contribution in [0.2, 0.25) is 19.6 Å². The maximum absolute atomic E-state index is 12.4. The Bertz CT molecular complexity index is 2430. The van der Waals surface area contributed by atoms with Crippen molar-refractivity contribution in [3.63, 3.8) is 0 Å². The quantitative estimate of drug-likeness (QED) is 0.0548. The van der Waals surface area contributed by atoms with Crippen LogP contribution in [0.4, 0.5) is 13.2 Å². The van der Waals surface area contributed by atoms with Crippen molar-refractivity contribution >= 4 is 78.3 Å². The van der Waals surface area contributed by atoms with Crippen molar-refractivity contribution in [1.82, 2.24) is 0 Å². The molecule has 0 atom stereocenters. The van der Waals surface area contributed by atoms with Crippen LogP contribution in [0.5, 0.6) is 17.2 Å². The molecule has 274 valence electrons. The van der Waals surface area contributed by atoms with Gasteiger partial charge in [0.05, 0.1) is 22.3 Å². The zero-order valence-corrected chi connectivity index (χ0v) is 33.7. The fourth-order valence-electron chi connectivity index (χ4n) is 5.79. The minimum Gasteiger partial charge on any atom is -0.497 e. The number of methoxy groups -OCH3 is 2. The second-order valence-electron chi connectivity index (χ2n) is 12.9. The number of hydrogen-bond acceptors (Lipinski definition) is 5. The standard InChI is InChI=1S/C19H14O.C12H9I.C11H15F3O4SSi/c1-20-13-10-11-18-16-8-3-2-6-14(16)15-7-4-5-9-17(15)19(18)12-13;13-12-9-5-4-8-11(12)10-6-2-1-3-7-10;1-17-8-5-6-9(10(7-8)20(2,3)4)18-19(15,16)11(12,13)14/h2-12H,1H3;1-9H;5-7H,1-4H3. The lowest BCUT2D eigenvalue weighted by atomic mass is 9.94. The second-order valence-corrected chi connectivity index (χ2v) is 20.7. The summed E-state index contributed by atoms with van der Waals surface area (Å²) in [7, 11) is -4.67. The van der Waals surface area contributed by atoms with E-state index in [2.05, 4.69) is 136 Å². The molecule has 5 nitrogen and oxygen atoms in total. The average Bonchev–Trinajstić information content (AvgIpc) is 3.15. The molecular weight excluding hydrogens is 829 g/mol. The van der Waals surface area contributed by atoms with E-state index in [4.69, 9.17) is 9.47 Å². The van der Waals surface area contributed by atoms with Crippen molar-refractivity contribution < 1.29 is 35.2 Å². The fraction of sp³-hybridized carbons (Fsp3) is 0.143. The summed E-state index contributed by atoms with van der Waals surface area (Å²) in [6.07, 6.45) is 0. The first kappa shape index (κ1) is 39.6. The van der Waals surface area contributed by atoms with Crippen LogP contribution in [0.25, 0.3) is 43.4 Å². The molecule has 0 saturated carbocycles. The molecule has 0 aliphatic rings. The van der Waals surface area contributed by atoms with Gasteiger partial charge >= 0.3 is 15.6 Å². The molecule has 53 heavy (non-hydrogen) atoms. The zero-order valence-electron chi connectivity index (χ0n) is 29.7. The van der Waals surface area contributed by atoms with Crippen LogP contribution < -0.4 is 18.8 Å². The van der Waals surface area contributed by atoms with E-state index in [0.29, 0.717) is 10.9 Å². The first-order valence-corrected chi connectivity index (χ1v) is 22.5. The Balaban J connectivity index is 0.000000157. The summed E-state index contributed by atoms with van der Waals surface area (Å²) in [5, 5.41) is 8.14. The van der Waals surface area contributed by atoms with Gasteiger partial charge in [0, 0.05) is 3.57 Å². The van der Waals surface area contributed by atoms with E-state index in [9.17, 15) is 21.6 Å². The Kier molecular flexibility index (Phi) is 12.4. The molecule has 11 heteroatoms. The number of ether oxygens (including phenoxy) is 2. The van der Waals surface area contributed by atoms with Gasteiger partial charge in [0.1, 0.15) is 17.2 Å². The number of alkyl halides is 3. The van der Waals surface area contributed by atoms with Gasteiger partial charge in [-0.05, 0) is 108 Å². The Morgan fingerprint density at radius 3 is 1.53 bits per heavy atom. The smallest absolute Gasteiger partial charge is 0.497 e. The van der Waals surface area contributed by atoms with Gasteiger partial charge < -0.3 is 13.7 Å². The summed E-state index contributed by atoms with van der Waals surface area (Å²) in [6.45, 7) is 5.57.